The average Bonchev–Trinajstić information content (AvgIpc) is 3.18. The van der Waals surface area contributed by atoms with Crippen LogP contribution in [0.25, 0.3) is 0 Å². The second kappa shape index (κ2) is 9.62. The van der Waals surface area contributed by atoms with Gasteiger partial charge in [-0.15, -0.1) is 0 Å². The van der Waals surface area contributed by atoms with E-state index in [1.54, 1.807) is 11.8 Å². The summed E-state index contributed by atoms with van der Waals surface area (Å²) in [5, 5.41) is 2.85. The summed E-state index contributed by atoms with van der Waals surface area (Å²) in [4.78, 5) is 17.7. The van der Waals surface area contributed by atoms with E-state index in [2.05, 4.69) is 29.0 Å². The molecule has 3 rings (SSSR count). The minimum atomic E-state index is -3.55. The molecule has 8 nitrogen and oxygen atoms in total. The number of carbonyl (C=O) groups is 1. The van der Waals surface area contributed by atoms with Crippen LogP contribution in [0.15, 0.2) is 17.2 Å². The van der Waals surface area contributed by atoms with E-state index < -0.39 is 10.0 Å². The van der Waals surface area contributed by atoms with Crippen LogP contribution in [0, 0.1) is 5.92 Å². The largest absolute Gasteiger partial charge is 0.374 e. The molecule has 158 valence electrons. The normalized spacial score (nSPS) is 22.5. The van der Waals surface area contributed by atoms with Crippen molar-refractivity contribution in [3.8, 4) is 0 Å². The van der Waals surface area contributed by atoms with E-state index in [4.69, 9.17) is 4.74 Å². The number of morpholine rings is 1. The fourth-order valence-corrected chi connectivity index (χ4v) is 6.05. The summed E-state index contributed by atoms with van der Waals surface area (Å²) < 4.78 is 32.6. The molecule has 28 heavy (non-hydrogen) atoms. The number of aromatic amines is 1. The van der Waals surface area contributed by atoms with Crippen molar-refractivity contribution in [1.29, 1.82) is 0 Å². The second-order valence-electron chi connectivity index (χ2n) is 7.62. The van der Waals surface area contributed by atoms with Crippen LogP contribution in [-0.4, -0.2) is 92.0 Å². The van der Waals surface area contributed by atoms with Gasteiger partial charge in [0.1, 0.15) is 10.6 Å². The zero-order valence-electron chi connectivity index (χ0n) is 16.5. The van der Waals surface area contributed by atoms with E-state index in [9.17, 15) is 13.2 Å². The van der Waals surface area contributed by atoms with Gasteiger partial charge in [0.15, 0.2) is 0 Å². The van der Waals surface area contributed by atoms with Gasteiger partial charge in [0.25, 0.3) is 5.91 Å². The summed E-state index contributed by atoms with van der Waals surface area (Å²) in [6.07, 6.45) is 1.34. The van der Waals surface area contributed by atoms with E-state index in [1.807, 2.05) is 0 Å². The van der Waals surface area contributed by atoms with Crippen LogP contribution in [0.1, 0.15) is 24.3 Å². The van der Waals surface area contributed by atoms with E-state index in [1.165, 1.54) is 16.6 Å². The molecule has 0 radical (unpaired) electrons. The van der Waals surface area contributed by atoms with Crippen LogP contribution in [0.5, 0.6) is 0 Å². The molecule has 0 aromatic carbocycles. The van der Waals surface area contributed by atoms with Crippen molar-refractivity contribution in [3.63, 3.8) is 0 Å². The summed E-state index contributed by atoms with van der Waals surface area (Å²) in [5.74, 6) is 1.87. The van der Waals surface area contributed by atoms with Crippen molar-refractivity contribution in [1.82, 2.24) is 19.5 Å². The minimum Gasteiger partial charge on any atom is -0.374 e. The van der Waals surface area contributed by atoms with Crippen molar-refractivity contribution < 1.29 is 17.9 Å². The predicted molar refractivity (Wildman–Crippen MR) is 110 cm³/mol. The maximum Gasteiger partial charge on any atom is 0.267 e. The summed E-state index contributed by atoms with van der Waals surface area (Å²) in [7, 11) is -3.55. The number of ether oxygens (including phenoxy) is 1. The van der Waals surface area contributed by atoms with Gasteiger partial charge in [-0.1, -0.05) is 13.8 Å². The van der Waals surface area contributed by atoms with Crippen LogP contribution in [0.2, 0.25) is 0 Å². The minimum absolute atomic E-state index is 0.0551. The second-order valence-corrected chi connectivity index (χ2v) is 10.8. The van der Waals surface area contributed by atoms with Crippen molar-refractivity contribution in [2.75, 3.05) is 57.4 Å². The molecule has 0 spiro atoms. The Labute approximate surface area is 171 Å². The highest BCUT2D eigenvalue weighted by atomic mass is 32.2. The Balaban J connectivity index is 1.54. The van der Waals surface area contributed by atoms with Crippen LogP contribution < -0.4 is 5.32 Å². The van der Waals surface area contributed by atoms with Crippen molar-refractivity contribution >= 4 is 27.7 Å². The first-order valence-electron chi connectivity index (χ1n) is 9.74. The fourth-order valence-electron chi connectivity index (χ4n) is 3.48. The molecule has 0 bridgehead atoms. The van der Waals surface area contributed by atoms with Gasteiger partial charge in [-0.2, -0.15) is 16.1 Å². The van der Waals surface area contributed by atoms with Crippen molar-refractivity contribution in [2.24, 2.45) is 5.92 Å². The number of amides is 1. The van der Waals surface area contributed by atoms with E-state index in [0.29, 0.717) is 32.2 Å². The maximum atomic E-state index is 12.7. The van der Waals surface area contributed by atoms with Crippen LogP contribution >= 0.6 is 11.8 Å². The number of sulfonamides is 1. The third-order valence-electron chi connectivity index (χ3n) is 4.85. The van der Waals surface area contributed by atoms with Gasteiger partial charge in [-0.25, -0.2) is 8.42 Å². The van der Waals surface area contributed by atoms with Gasteiger partial charge in [0, 0.05) is 57.0 Å². The lowest BCUT2D eigenvalue weighted by Crippen LogP contribution is -2.48. The Bertz CT molecular complexity index is 759. The number of hydrogen-bond donors (Lipinski definition) is 2. The van der Waals surface area contributed by atoms with Gasteiger partial charge >= 0.3 is 0 Å². The Morgan fingerprint density at radius 1 is 1.36 bits per heavy atom. The summed E-state index contributed by atoms with van der Waals surface area (Å²) >= 11 is 1.75. The Morgan fingerprint density at radius 2 is 2.11 bits per heavy atom. The monoisotopic (exact) mass is 430 g/mol. The van der Waals surface area contributed by atoms with Gasteiger partial charge in [0.05, 0.1) is 12.7 Å². The van der Waals surface area contributed by atoms with Crippen LogP contribution in [-0.2, 0) is 14.8 Å². The highest BCUT2D eigenvalue weighted by Crippen LogP contribution is 2.20. The van der Waals surface area contributed by atoms with Gasteiger partial charge in [0.2, 0.25) is 10.0 Å². The third kappa shape index (κ3) is 5.50. The molecular formula is C18H30N4O4S2. The summed E-state index contributed by atoms with van der Waals surface area (Å²) in [6.45, 7) is 9.16. The molecule has 2 fully saturated rings. The SMILES string of the molecule is CC(C)CN1CCOC(CNC(=O)c2cc(S(=O)(=O)N3CCSCC3)c[nH]2)C1. The smallest absolute Gasteiger partial charge is 0.267 e. The number of H-pyrrole nitrogens is 1. The maximum absolute atomic E-state index is 12.7. The molecule has 1 atom stereocenters. The lowest BCUT2D eigenvalue weighted by molar-refractivity contribution is -0.0295. The first-order valence-corrected chi connectivity index (χ1v) is 12.3. The quantitative estimate of drug-likeness (QED) is 0.666. The molecule has 1 amide bonds. The number of rotatable bonds is 7. The highest BCUT2D eigenvalue weighted by Gasteiger charge is 2.28. The van der Waals surface area contributed by atoms with Crippen molar-refractivity contribution in [3.05, 3.63) is 18.0 Å². The molecular weight excluding hydrogens is 400 g/mol. The Hall–Kier alpha value is -1.07. The molecule has 0 saturated carbocycles. The van der Waals surface area contributed by atoms with Gasteiger partial charge in [-0.05, 0) is 12.0 Å². The Morgan fingerprint density at radius 3 is 2.82 bits per heavy atom. The first-order chi connectivity index (χ1) is 13.4. The predicted octanol–water partition coefficient (Wildman–Crippen LogP) is 0.839. The van der Waals surface area contributed by atoms with Crippen LogP contribution in [0.3, 0.4) is 0 Å². The summed E-state index contributed by atoms with van der Waals surface area (Å²) in [5.41, 5.74) is 0.250. The highest BCUT2D eigenvalue weighted by molar-refractivity contribution is 7.99. The van der Waals surface area contributed by atoms with Crippen molar-refractivity contribution in [2.45, 2.75) is 24.8 Å². The molecule has 2 N–H and O–H groups in total. The lowest BCUT2D eigenvalue weighted by atomic mass is 10.2. The van der Waals surface area contributed by atoms with Gasteiger partial charge in [-0.3, -0.25) is 9.69 Å². The number of thioether (sulfide) groups is 1. The molecule has 1 unspecified atom stereocenters. The Kier molecular flexibility index (Phi) is 7.43. The average molecular weight is 431 g/mol. The molecule has 2 aliphatic rings. The first kappa shape index (κ1) is 21.6. The van der Waals surface area contributed by atoms with E-state index >= 15 is 0 Å². The molecule has 1 aromatic rings. The van der Waals surface area contributed by atoms with Crippen LogP contribution in [0.4, 0.5) is 0 Å². The third-order valence-corrected chi connectivity index (χ3v) is 7.66. The molecule has 1 aromatic heterocycles. The van der Waals surface area contributed by atoms with Gasteiger partial charge < -0.3 is 15.0 Å². The molecule has 3 heterocycles. The number of nitrogens with zero attached hydrogens (tertiary/aromatic N) is 2. The standard InChI is InChI=1S/C18H30N4O4S2/c1-14(2)12-21-3-6-26-15(13-21)10-20-18(23)17-9-16(11-19-17)28(24,25)22-4-7-27-8-5-22/h9,11,14-15,19H,3-8,10,12-13H2,1-2H3,(H,20,23). The topological polar surface area (TPSA) is 94.7 Å². The number of nitrogens with one attached hydrogen (secondary N) is 2. The molecule has 2 aliphatic heterocycles. The van der Waals surface area contributed by atoms with E-state index in [-0.39, 0.29) is 22.6 Å². The number of carbonyl (C=O) groups excluding carboxylic acids is 1. The molecule has 0 aliphatic carbocycles. The van der Waals surface area contributed by atoms with E-state index in [0.717, 1.165) is 31.1 Å². The molecule has 2 saturated heterocycles. The number of hydrogen-bond acceptors (Lipinski definition) is 6. The zero-order chi connectivity index (χ0) is 20.1. The molecule has 10 heteroatoms. The number of aromatic nitrogens is 1. The zero-order valence-corrected chi connectivity index (χ0v) is 18.2. The fraction of sp³-hybridized carbons (Fsp3) is 0.722. The lowest BCUT2D eigenvalue weighted by Gasteiger charge is -2.33. The summed E-state index contributed by atoms with van der Waals surface area (Å²) in [6, 6.07) is 1.42.